The van der Waals surface area contributed by atoms with Crippen LogP contribution in [0.3, 0.4) is 0 Å². The molecular formula is C8H15ClF3N. The molecule has 0 aromatic heterocycles. The third-order valence-corrected chi connectivity index (χ3v) is 2.45. The second-order valence-electron chi connectivity index (χ2n) is 3.32. The van der Waals surface area contributed by atoms with Crippen molar-refractivity contribution in [1.82, 2.24) is 5.32 Å². The van der Waals surface area contributed by atoms with Crippen molar-refractivity contribution in [2.45, 2.75) is 38.4 Å². The molecule has 1 aliphatic heterocycles. The highest BCUT2D eigenvalue weighted by Gasteiger charge is 2.41. The van der Waals surface area contributed by atoms with Gasteiger partial charge >= 0.3 is 6.18 Å². The van der Waals surface area contributed by atoms with E-state index in [2.05, 4.69) is 5.32 Å². The maximum Gasteiger partial charge on any atom is 0.391 e. The van der Waals surface area contributed by atoms with Crippen LogP contribution in [0.4, 0.5) is 13.2 Å². The molecule has 0 radical (unpaired) electrons. The van der Waals surface area contributed by atoms with Gasteiger partial charge < -0.3 is 5.32 Å². The third kappa shape index (κ3) is 3.73. The number of hydrogen-bond acceptors (Lipinski definition) is 1. The third-order valence-electron chi connectivity index (χ3n) is 2.45. The van der Waals surface area contributed by atoms with Crippen LogP contribution in [-0.4, -0.2) is 18.8 Å². The molecule has 1 fully saturated rings. The maximum absolute atomic E-state index is 12.2. The van der Waals surface area contributed by atoms with E-state index in [9.17, 15) is 13.2 Å². The standard InChI is InChI=1S/C8H14F3N.ClH/c1-2-7-5-6(3-4-12-7)8(9,10)11;/h6-7,12H,2-5H2,1H3;1H/t6-,7-;/m1./s1. The average molecular weight is 218 g/mol. The summed E-state index contributed by atoms with van der Waals surface area (Å²) >= 11 is 0. The summed E-state index contributed by atoms with van der Waals surface area (Å²) in [5.74, 6) is -1.08. The van der Waals surface area contributed by atoms with Crippen LogP contribution in [0.1, 0.15) is 26.2 Å². The lowest BCUT2D eigenvalue weighted by Gasteiger charge is -2.30. The van der Waals surface area contributed by atoms with E-state index in [4.69, 9.17) is 0 Å². The van der Waals surface area contributed by atoms with Gasteiger partial charge in [0, 0.05) is 6.04 Å². The molecule has 0 spiro atoms. The molecule has 0 aliphatic carbocycles. The Morgan fingerprint density at radius 1 is 1.38 bits per heavy atom. The molecule has 1 aliphatic rings. The van der Waals surface area contributed by atoms with Crippen molar-refractivity contribution in [3.05, 3.63) is 0 Å². The SMILES string of the molecule is CC[C@@H]1C[C@H](C(F)(F)F)CCN1.Cl. The molecule has 80 valence electrons. The van der Waals surface area contributed by atoms with E-state index in [0.717, 1.165) is 6.42 Å². The Morgan fingerprint density at radius 3 is 2.46 bits per heavy atom. The van der Waals surface area contributed by atoms with Crippen LogP contribution in [0.15, 0.2) is 0 Å². The van der Waals surface area contributed by atoms with Crippen molar-refractivity contribution in [3.8, 4) is 0 Å². The van der Waals surface area contributed by atoms with E-state index in [1.165, 1.54) is 0 Å². The van der Waals surface area contributed by atoms with Gasteiger partial charge in [-0.05, 0) is 25.8 Å². The Kier molecular flexibility index (Phi) is 5.07. The summed E-state index contributed by atoms with van der Waals surface area (Å²) in [5, 5.41) is 3.07. The van der Waals surface area contributed by atoms with Crippen LogP contribution >= 0.6 is 12.4 Å². The number of alkyl halides is 3. The smallest absolute Gasteiger partial charge is 0.314 e. The van der Waals surface area contributed by atoms with E-state index in [1.54, 1.807) is 0 Å². The number of piperidine rings is 1. The van der Waals surface area contributed by atoms with Crippen LogP contribution in [0.5, 0.6) is 0 Å². The minimum atomic E-state index is -3.99. The average Bonchev–Trinajstić information content (AvgIpc) is 2.03. The first-order chi connectivity index (χ1) is 5.54. The summed E-state index contributed by atoms with van der Waals surface area (Å²) in [4.78, 5) is 0. The molecule has 13 heavy (non-hydrogen) atoms. The first-order valence-corrected chi connectivity index (χ1v) is 4.34. The normalized spacial score (nSPS) is 29.5. The Bertz CT molecular complexity index is 149. The quantitative estimate of drug-likeness (QED) is 0.712. The summed E-state index contributed by atoms with van der Waals surface area (Å²) in [6, 6.07) is 0.0605. The van der Waals surface area contributed by atoms with E-state index < -0.39 is 12.1 Å². The molecule has 0 aromatic rings. The minimum Gasteiger partial charge on any atom is -0.314 e. The zero-order valence-corrected chi connectivity index (χ0v) is 8.34. The molecule has 1 saturated heterocycles. The fraction of sp³-hybridized carbons (Fsp3) is 1.00. The largest absolute Gasteiger partial charge is 0.391 e. The van der Waals surface area contributed by atoms with E-state index in [-0.39, 0.29) is 31.3 Å². The van der Waals surface area contributed by atoms with E-state index in [0.29, 0.717) is 6.54 Å². The van der Waals surface area contributed by atoms with Gasteiger partial charge in [-0.2, -0.15) is 13.2 Å². The Morgan fingerprint density at radius 2 is 2.00 bits per heavy atom. The molecule has 0 bridgehead atoms. The van der Waals surface area contributed by atoms with Crippen molar-refractivity contribution >= 4 is 12.4 Å². The van der Waals surface area contributed by atoms with Crippen LogP contribution in [0.25, 0.3) is 0 Å². The monoisotopic (exact) mass is 217 g/mol. The molecule has 0 aromatic carbocycles. The van der Waals surface area contributed by atoms with Crippen LogP contribution in [0.2, 0.25) is 0 Å². The Hall–Kier alpha value is 0.0400. The predicted octanol–water partition coefficient (Wildman–Crippen LogP) is 2.75. The second-order valence-corrected chi connectivity index (χ2v) is 3.32. The summed E-state index contributed by atoms with van der Waals surface area (Å²) < 4.78 is 36.7. The lowest BCUT2D eigenvalue weighted by molar-refractivity contribution is -0.183. The minimum absolute atomic E-state index is 0. The van der Waals surface area contributed by atoms with Crippen LogP contribution in [0, 0.1) is 5.92 Å². The number of halogens is 4. The van der Waals surface area contributed by atoms with Crippen molar-refractivity contribution in [1.29, 1.82) is 0 Å². The van der Waals surface area contributed by atoms with E-state index >= 15 is 0 Å². The molecule has 1 N–H and O–H groups in total. The summed E-state index contributed by atoms with van der Waals surface area (Å²) in [7, 11) is 0. The first kappa shape index (κ1) is 13.0. The second kappa shape index (κ2) is 5.05. The first-order valence-electron chi connectivity index (χ1n) is 4.34. The number of hydrogen-bond donors (Lipinski definition) is 1. The predicted molar refractivity (Wildman–Crippen MR) is 48.1 cm³/mol. The summed E-state index contributed by atoms with van der Waals surface area (Å²) in [6.07, 6.45) is -2.72. The van der Waals surface area contributed by atoms with Gasteiger partial charge in [-0.3, -0.25) is 0 Å². The van der Waals surface area contributed by atoms with Crippen LogP contribution < -0.4 is 5.32 Å². The fourth-order valence-electron chi connectivity index (χ4n) is 1.61. The lowest BCUT2D eigenvalue weighted by atomic mass is 9.91. The van der Waals surface area contributed by atoms with Crippen molar-refractivity contribution in [2.75, 3.05) is 6.54 Å². The molecular weight excluding hydrogens is 203 g/mol. The maximum atomic E-state index is 12.2. The van der Waals surface area contributed by atoms with Gasteiger partial charge in [0.1, 0.15) is 0 Å². The fourth-order valence-corrected chi connectivity index (χ4v) is 1.61. The number of nitrogens with one attached hydrogen (secondary N) is 1. The molecule has 1 nitrogen and oxygen atoms in total. The molecule has 0 amide bonds. The Balaban J connectivity index is 0.00000144. The van der Waals surface area contributed by atoms with E-state index in [1.807, 2.05) is 6.92 Å². The highest BCUT2D eigenvalue weighted by Crippen LogP contribution is 2.34. The van der Waals surface area contributed by atoms with Gasteiger partial charge in [0.05, 0.1) is 5.92 Å². The molecule has 2 atom stereocenters. The van der Waals surface area contributed by atoms with Gasteiger partial charge in [-0.15, -0.1) is 12.4 Å². The summed E-state index contributed by atoms with van der Waals surface area (Å²) in [5.41, 5.74) is 0. The molecule has 1 rings (SSSR count). The van der Waals surface area contributed by atoms with Crippen molar-refractivity contribution in [2.24, 2.45) is 5.92 Å². The van der Waals surface area contributed by atoms with Crippen molar-refractivity contribution in [3.63, 3.8) is 0 Å². The molecule has 5 heteroatoms. The number of rotatable bonds is 1. The Labute approximate surface area is 82.5 Å². The highest BCUT2D eigenvalue weighted by molar-refractivity contribution is 5.85. The van der Waals surface area contributed by atoms with Gasteiger partial charge in [0.2, 0.25) is 0 Å². The van der Waals surface area contributed by atoms with Gasteiger partial charge in [0.25, 0.3) is 0 Å². The molecule has 0 unspecified atom stereocenters. The summed E-state index contributed by atoms with van der Waals surface area (Å²) in [6.45, 7) is 2.42. The zero-order valence-electron chi connectivity index (χ0n) is 7.53. The molecule has 0 saturated carbocycles. The van der Waals surface area contributed by atoms with Crippen LogP contribution in [-0.2, 0) is 0 Å². The topological polar surface area (TPSA) is 12.0 Å². The lowest BCUT2D eigenvalue weighted by Crippen LogP contribution is -2.42. The van der Waals surface area contributed by atoms with Gasteiger partial charge in [-0.1, -0.05) is 6.92 Å². The highest BCUT2D eigenvalue weighted by atomic mass is 35.5. The van der Waals surface area contributed by atoms with Crippen molar-refractivity contribution < 1.29 is 13.2 Å². The van der Waals surface area contributed by atoms with Gasteiger partial charge in [0.15, 0.2) is 0 Å². The van der Waals surface area contributed by atoms with Gasteiger partial charge in [-0.25, -0.2) is 0 Å². The molecule has 1 heterocycles. The zero-order chi connectivity index (χ0) is 9.19.